The second kappa shape index (κ2) is 6.10. The van der Waals surface area contributed by atoms with Crippen LogP contribution in [-0.2, 0) is 0 Å². The molecule has 3 nitrogen and oxygen atoms in total. The average Bonchev–Trinajstić information content (AvgIpc) is 2.82. The maximum Gasteiger partial charge on any atom is 0.142 e. The number of benzene rings is 1. The molecule has 3 rings (SSSR count). The third-order valence-electron chi connectivity index (χ3n) is 4.31. The third kappa shape index (κ3) is 2.91. The molecule has 3 atom stereocenters. The van der Waals surface area contributed by atoms with E-state index >= 15 is 0 Å². The van der Waals surface area contributed by atoms with Crippen molar-refractivity contribution in [2.24, 2.45) is 5.92 Å². The molecule has 1 aliphatic carbocycles. The highest BCUT2D eigenvalue weighted by atomic mass is 35.5. The molecule has 0 spiro atoms. The summed E-state index contributed by atoms with van der Waals surface area (Å²) in [5, 5.41) is 14.6. The van der Waals surface area contributed by atoms with Gasteiger partial charge in [-0.05, 0) is 30.9 Å². The van der Waals surface area contributed by atoms with Crippen LogP contribution in [0.4, 0.5) is 0 Å². The first-order valence-corrected chi connectivity index (χ1v) is 7.94. The van der Waals surface area contributed by atoms with Gasteiger partial charge in [-0.25, -0.2) is 0 Å². The fourth-order valence-electron chi connectivity index (χ4n) is 3.19. The van der Waals surface area contributed by atoms with Crippen LogP contribution in [0.15, 0.2) is 12.1 Å². The van der Waals surface area contributed by atoms with Gasteiger partial charge in [-0.1, -0.05) is 29.6 Å². The zero-order valence-electron chi connectivity index (χ0n) is 11.2. The van der Waals surface area contributed by atoms with Crippen LogP contribution in [-0.4, -0.2) is 24.4 Å². The Bertz CT molecular complexity index is 495. The predicted octanol–water partition coefficient (Wildman–Crippen LogP) is 3.57. The molecule has 2 aliphatic rings. The minimum atomic E-state index is -0.162. The lowest BCUT2D eigenvalue weighted by Crippen LogP contribution is -2.33. The smallest absolute Gasteiger partial charge is 0.142 e. The van der Waals surface area contributed by atoms with E-state index in [1.54, 1.807) is 6.07 Å². The van der Waals surface area contributed by atoms with Gasteiger partial charge in [0.15, 0.2) is 0 Å². The van der Waals surface area contributed by atoms with E-state index in [0.29, 0.717) is 22.6 Å². The Balaban J connectivity index is 1.73. The number of nitrogens with one attached hydrogen (secondary N) is 1. The van der Waals surface area contributed by atoms with Gasteiger partial charge < -0.3 is 15.2 Å². The molecule has 0 saturated heterocycles. The van der Waals surface area contributed by atoms with E-state index in [1.165, 1.54) is 0 Å². The summed E-state index contributed by atoms with van der Waals surface area (Å²) in [5.41, 5.74) is 1.03. The normalized spacial score (nSPS) is 29.1. The molecule has 3 unspecified atom stereocenters. The zero-order valence-corrected chi connectivity index (χ0v) is 12.8. The molecule has 1 fully saturated rings. The Morgan fingerprint density at radius 3 is 2.85 bits per heavy atom. The van der Waals surface area contributed by atoms with E-state index < -0.39 is 0 Å². The summed E-state index contributed by atoms with van der Waals surface area (Å²) >= 11 is 12.3. The lowest BCUT2D eigenvalue weighted by Gasteiger charge is -2.29. The first kappa shape index (κ1) is 14.5. The van der Waals surface area contributed by atoms with E-state index in [1.807, 2.05) is 6.07 Å². The third-order valence-corrected chi connectivity index (χ3v) is 4.81. The second-order valence-electron chi connectivity index (χ2n) is 5.66. The summed E-state index contributed by atoms with van der Waals surface area (Å²) < 4.78 is 5.65. The van der Waals surface area contributed by atoms with Gasteiger partial charge in [0.1, 0.15) is 5.75 Å². The van der Waals surface area contributed by atoms with E-state index in [2.05, 4.69) is 5.32 Å². The standard InChI is InChI=1S/C15H19Cl2NO2/c16-10-6-11-13(4-5-20-15(11)12(17)7-10)18-8-9-2-1-3-14(9)19/h6-7,9,13-14,18-19H,1-5,8H2. The SMILES string of the molecule is OC1CCCC1CNC1CCOc2c(Cl)cc(Cl)cc21. The lowest BCUT2D eigenvalue weighted by molar-refractivity contribution is 0.128. The molecular formula is C15H19Cl2NO2. The van der Waals surface area contributed by atoms with Gasteiger partial charge in [0.05, 0.1) is 17.7 Å². The van der Waals surface area contributed by atoms with Gasteiger partial charge in [0, 0.05) is 29.6 Å². The molecule has 0 bridgehead atoms. The molecule has 20 heavy (non-hydrogen) atoms. The van der Waals surface area contributed by atoms with Crippen molar-refractivity contribution >= 4 is 23.2 Å². The van der Waals surface area contributed by atoms with Crippen LogP contribution in [0.1, 0.15) is 37.3 Å². The maximum atomic E-state index is 9.89. The van der Waals surface area contributed by atoms with Crippen molar-refractivity contribution in [2.45, 2.75) is 37.8 Å². The van der Waals surface area contributed by atoms with Gasteiger partial charge in [0.2, 0.25) is 0 Å². The van der Waals surface area contributed by atoms with Crippen molar-refractivity contribution in [3.05, 3.63) is 27.7 Å². The monoisotopic (exact) mass is 315 g/mol. The topological polar surface area (TPSA) is 41.5 Å². The summed E-state index contributed by atoms with van der Waals surface area (Å²) in [4.78, 5) is 0. The number of hydrogen-bond donors (Lipinski definition) is 2. The summed E-state index contributed by atoms with van der Waals surface area (Å²) in [7, 11) is 0. The van der Waals surface area contributed by atoms with Crippen molar-refractivity contribution < 1.29 is 9.84 Å². The van der Waals surface area contributed by atoms with E-state index in [4.69, 9.17) is 27.9 Å². The fraction of sp³-hybridized carbons (Fsp3) is 0.600. The van der Waals surface area contributed by atoms with Crippen LogP contribution in [0.2, 0.25) is 10.0 Å². The minimum Gasteiger partial charge on any atom is -0.492 e. The molecule has 0 aromatic heterocycles. The molecule has 0 radical (unpaired) electrons. The largest absolute Gasteiger partial charge is 0.492 e. The minimum absolute atomic E-state index is 0.162. The molecule has 1 aromatic carbocycles. The summed E-state index contributed by atoms with van der Waals surface area (Å²) in [6.07, 6.45) is 3.88. The van der Waals surface area contributed by atoms with Crippen LogP contribution >= 0.6 is 23.2 Å². The highest BCUT2D eigenvalue weighted by Gasteiger charge is 2.28. The first-order valence-electron chi connectivity index (χ1n) is 7.18. The number of rotatable bonds is 3. The number of fused-ring (bicyclic) bond motifs is 1. The molecule has 2 N–H and O–H groups in total. The average molecular weight is 316 g/mol. The van der Waals surface area contributed by atoms with Crippen LogP contribution in [0.5, 0.6) is 5.75 Å². The van der Waals surface area contributed by atoms with E-state index in [0.717, 1.165) is 43.5 Å². The van der Waals surface area contributed by atoms with Gasteiger partial charge in [0.25, 0.3) is 0 Å². The van der Waals surface area contributed by atoms with Crippen molar-refractivity contribution in [1.29, 1.82) is 0 Å². The molecule has 110 valence electrons. The fourth-order valence-corrected chi connectivity index (χ4v) is 3.75. The van der Waals surface area contributed by atoms with Crippen LogP contribution in [0, 0.1) is 5.92 Å². The van der Waals surface area contributed by atoms with Gasteiger partial charge in [-0.15, -0.1) is 0 Å². The zero-order chi connectivity index (χ0) is 14.1. The molecule has 1 saturated carbocycles. The van der Waals surface area contributed by atoms with Crippen LogP contribution in [0.25, 0.3) is 0 Å². The van der Waals surface area contributed by atoms with Crippen LogP contribution in [0.3, 0.4) is 0 Å². The molecule has 1 aromatic rings. The van der Waals surface area contributed by atoms with Crippen molar-refractivity contribution in [1.82, 2.24) is 5.32 Å². The van der Waals surface area contributed by atoms with Crippen molar-refractivity contribution in [2.75, 3.05) is 13.2 Å². The number of aliphatic hydroxyl groups is 1. The second-order valence-corrected chi connectivity index (χ2v) is 6.51. The Kier molecular flexibility index (Phi) is 4.41. The quantitative estimate of drug-likeness (QED) is 0.896. The van der Waals surface area contributed by atoms with Gasteiger partial charge in [-0.3, -0.25) is 0 Å². The van der Waals surface area contributed by atoms with Gasteiger partial charge >= 0.3 is 0 Å². The number of halogens is 2. The summed E-state index contributed by atoms with van der Waals surface area (Å²) in [6.45, 7) is 1.48. The summed E-state index contributed by atoms with van der Waals surface area (Å²) in [6, 6.07) is 3.83. The maximum absolute atomic E-state index is 9.89. The van der Waals surface area contributed by atoms with Crippen LogP contribution < -0.4 is 10.1 Å². The Morgan fingerprint density at radius 1 is 1.25 bits per heavy atom. The molecule has 1 aliphatic heterocycles. The molecule has 5 heteroatoms. The van der Waals surface area contributed by atoms with Crippen molar-refractivity contribution in [3.63, 3.8) is 0 Å². The Labute approximate surface area is 129 Å². The predicted molar refractivity (Wildman–Crippen MR) is 80.7 cm³/mol. The summed E-state index contributed by atoms with van der Waals surface area (Å²) in [5.74, 6) is 1.10. The molecule has 1 heterocycles. The Morgan fingerprint density at radius 2 is 2.10 bits per heavy atom. The lowest BCUT2D eigenvalue weighted by atomic mass is 9.98. The Hall–Kier alpha value is -0.480. The number of ether oxygens (including phenoxy) is 1. The highest BCUT2D eigenvalue weighted by Crippen LogP contribution is 2.40. The molecule has 0 amide bonds. The van der Waals surface area contributed by atoms with E-state index in [-0.39, 0.29) is 12.1 Å². The van der Waals surface area contributed by atoms with Gasteiger partial charge in [-0.2, -0.15) is 0 Å². The van der Waals surface area contributed by atoms with E-state index in [9.17, 15) is 5.11 Å². The highest BCUT2D eigenvalue weighted by molar-refractivity contribution is 6.35. The first-order chi connectivity index (χ1) is 9.65. The molecular weight excluding hydrogens is 297 g/mol. The number of hydrogen-bond acceptors (Lipinski definition) is 3. The number of aliphatic hydroxyl groups excluding tert-OH is 1. The van der Waals surface area contributed by atoms with Crippen molar-refractivity contribution in [3.8, 4) is 5.75 Å².